The Morgan fingerprint density at radius 2 is 1.84 bits per heavy atom. The average Bonchev–Trinajstić information content (AvgIpc) is 2.42. The summed E-state index contributed by atoms with van der Waals surface area (Å²) in [7, 11) is 0. The van der Waals surface area contributed by atoms with Crippen LogP contribution in [-0.4, -0.2) is 36.3 Å². The zero-order chi connectivity index (χ0) is 14.3. The molecule has 0 heterocycles. The number of nitrogen functional groups attached to an aromatic ring is 1. The lowest BCUT2D eigenvalue weighted by Crippen LogP contribution is -2.40. The number of nitrogens with two attached hydrogens (primary N) is 1. The normalized spacial score (nSPS) is 10.0. The molecule has 1 rings (SSSR count). The summed E-state index contributed by atoms with van der Waals surface area (Å²) in [5.74, 6) is -0.325. The number of hydrogen-bond acceptors (Lipinski definition) is 3. The van der Waals surface area contributed by atoms with Gasteiger partial charge in [-0.3, -0.25) is 9.59 Å². The number of benzene rings is 1. The van der Waals surface area contributed by atoms with Crippen LogP contribution in [0.25, 0.3) is 0 Å². The molecule has 0 saturated heterocycles. The highest BCUT2D eigenvalue weighted by atomic mass is 16.2. The maximum Gasteiger partial charge on any atom is 0.251 e. The van der Waals surface area contributed by atoms with E-state index in [1.54, 1.807) is 29.2 Å². The van der Waals surface area contributed by atoms with E-state index in [9.17, 15) is 9.59 Å². The fourth-order valence-corrected chi connectivity index (χ4v) is 1.73. The van der Waals surface area contributed by atoms with Crippen LogP contribution in [0.3, 0.4) is 0 Å². The van der Waals surface area contributed by atoms with Crippen LogP contribution in [0.2, 0.25) is 0 Å². The van der Waals surface area contributed by atoms with Crippen molar-refractivity contribution in [3.05, 3.63) is 29.8 Å². The number of anilines is 1. The Hall–Kier alpha value is -2.04. The van der Waals surface area contributed by atoms with Crippen LogP contribution in [0.5, 0.6) is 0 Å². The van der Waals surface area contributed by atoms with Crippen molar-refractivity contribution in [1.82, 2.24) is 10.2 Å². The predicted octanol–water partition coefficient (Wildman–Crippen LogP) is 1.26. The van der Waals surface area contributed by atoms with Crippen LogP contribution < -0.4 is 11.1 Å². The molecule has 0 radical (unpaired) electrons. The van der Waals surface area contributed by atoms with E-state index >= 15 is 0 Å². The second-order valence-electron chi connectivity index (χ2n) is 4.28. The third kappa shape index (κ3) is 4.62. The van der Waals surface area contributed by atoms with Gasteiger partial charge >= 0.3 is 0 Å². The van der Waals surface area contributed by atoms with E-state index in [2.05, 4.69) is 5.32 Å². The van der Waals surface area contributed by atoms with Gasteiger partial charge in [-0.25, -0.2) is 0 Å². The summed E-state index contributed by atoms with van der Waals surface area (Å²) in [6.45, 7) is 5.34. The van der Waals surface area contributed by atoms with Crippen LogP contribution in [0.15, 0.2) is 24.3 Å². The summed E-state index contributed by atoms with van der Waals surface area (Å²) >= 11 is 0. The van der Waals surface area contributed by atoms with Gasteiger partial charge in [0.25, 0.3) is 5.91 Å². The van der Waals surface area contributed by atoms with Gasteiger partial charge in [0.05, 0.1) is 6.54 Å². The van der Waals surface area contributed by atoms with Crippen LogP contribution in [0, 0.1) is 0 Å². The Labute approximate surface area is 113 Å². The summed E-state index contributed by atoms with van der Waals surface area (Å²) in [6, 6.07) is 6.59. The van der Waals surface area contributed by atoms with Crippen molar-refractivity contribution >= 4 is 17.5 Å². The molecule has 0 atom stereocenters. The third-order valence-corrected chi connectivity index (χ3v) is 2.80. The summed E-state index contributed by atoms with van der Waals surface area (Å²) < 4.78 is 0. The molecule has 19 heavy (non-hydrogen) atoms. The highest BCUT2D eigenvalue weighted by Crippen LogP contribution is 2.05. The fourth-order valence-electron chi connectivity index (χ4n) is 1.73. The highest BCUT2D eigenvalue weighted by molar-refractivity contribution is 5.96. The monoisotopic (exact) mass is 263 g/mol. The molecule has 5 nitrogen and oxygen atoms in total. The molecule has 0 aliphatic heterocycles. The SMILES string of the molecule is CCCN(CC)C(=O)CNC(=O)c1ccc(N)cc1. The largest absolute Gasteiger partial charge is 0.399 e. The standard InChI is InChI=1S/C14H21N3O2/c1-3-9-17(4-2)13(18)10-16-14(19)11-5-7-12(15)8-6-11/h5-8H,3-4,9-10,15H2,1-2H3,(H,16,19). The number of likely N-dealkylation sites (N-methyl/N-ethyl adjacent to an activating group) is 1. The van der Waals surface area contributed by atoms with E-state index in [-0.39, 0.29) is 18.4 Å². The zero-order valence-electron chi connectivity index (χ0n) is 11.5. The fraction of sp³-hybridized carbons (Fsp3) is 0.429. The van der Waals surface area contributed by atoms with Crippen LogP contribution in [0.4, 0.5) is 5.69 Å². The maximum atomic E-state index is 11.8. The van der Waals surface area contributed by atoms with E-state index in [1.165, 1.54) is 0 Å². The number of carbonyl (C=O) groups is 2. The average molecular weight is 263 g/mol. The number of rotatable bonds is 6. The van der Waals surface area contributed by atoms with Gasteiger partial charge in [-0.2, -0.15) is 0 Å². The minimum absolute atomic E-state index is 0.0249. The van der Waals surface area contributed by atoms with E-state index in [1.807, 2.05) is 13.8 Å². The molecule has 0 saturated carbocycles. The lowest BCUT2D eigenvalue weighted by atomic mass is 10.2. The first kappa shape index (κ1) is 15.0. The first-order valence-corrected chi connectivity index (χ1v) is 6.50. The summed E-state index contributed by atoms with van der Waals surface area (Å²) in [5, 5.41) is 2.62. The Balaban J connectivity index is 2.49. The molecule has 3 N–H and O–H groups in total. The Morgan fingerprint density at radius 3 is 2.37 bits per heavy atom. The van der Waals surface area contributed by atoms with Gasteiger partial charge < -0.3 is 16.0 Å². The van der Waals surface area contributed by atoms with Crippen molar-refractivity contribution in [3.63, 3.8) is 0 Å². The highest BCUT2D eigenvalue weighted by Gasteiger charge is 2.12. The molecule has 2 amide bonds. The Morgan fingerprint density at radius 1 is 1.21 bits per heavy atom. The van der Waals surface area contributed by atoms with E-state index in [4.69, 9.17) is 5.73 Å². The Bertz CT molecular complexity index is 429. The summed E-state index contributed by atoms with van der Waals surface area (Å²) in [4.78, 5) is 25.4. The molecule has 0 aromatic heterocycles. The van der Waals surface area contributed by atoms with Gasteiger partial charge in [0.1, 0.15) is 0 Å². The van der Waals surface area contributed by atoms with Crippen molar-refractivity contribution in [2.24, 2.45) is 0 Å². The van der Waals surface area contributed by atoms with Gasteiger partial charge in [0.2, 0.25) is 5.91 Å². The number of amides is 2. The van der Waals surface area contributed by atoms with Gasteiger partial charge in [-0.15, -0.1) is 0 Å². The minimum atomic E-state index is -0.263. The first-order valence-electron chi connectivity index (χ1n) is 6.50. The van der Waals surface area contributed by atoms with Crippen LogP contribution in [-0.2, 0) is 4.79 Å². The molecular weight excluding hydrogens is 242 g/mol. The van der Waals surface area contributed by atoms with Gasteiger partial charge in [0, 0.05) is 24.3 Å². The van der Waals surface area contributed by atoms with Gasteiger partial charge in [-0.1, -0.05) is 6.92 Å². The third-order valence-electron chi connectivity index (χ3n) is 2.80. The topological polar surface area (TPSA) is 75.4 Å². The minimum Gasteiger partial charge on any atom is -0.399 e. The number of nitrogens with one attached hydrogen (secondary N) is 1. The molecule has 1 aromatic rings. The molecule has 0 unspecified atom stereocenters. The summed E-state index contributed by atoms with van der Waals surface area (Å²) in [5.41, 5.74) is 6.65. The van der Waals surface area contributed by atoms with Gasteiger partial charge in [0.15, 0.2) is 0 Å². The quantitative estimate of drug-likeness (QED) is 0.759. The molecular formula is C14H21N3O2. The molecule has 0 aliphatic rings. The van der Waals surface area contributed by atoms with Crippen molar-refractivity contribution in [1.29, 1.82) is 0 Å². The smallest absolute Gasteiger partial charge is 0.251 e. The predicted molar refractivity (Wildman–Crippen MR) is 75.7 cm³/mol. The zero-order valence-corrected chi connectivity index (χ0v) is 11.5. The first-order chi connectivity index (χ1) is 9.08. The van der Waals surface area contributed by atoms with Crippen molar-refractivity contribution < 1.29 is 9.59 Å². The van der Waals surface area contributed by atoms with Crippen molar-refractivity contribution in [2.45, 2.75) is 20.3 Å². The molecule has 0 fully saturated rings. The van der Waals surface area contributed by atoms with Crippen molar-refractivity contribution in [2.75, 3.05) is 25.4 Å². The molecule has 5 heteroatoms. The number of nitrogens with zero attached hydrogens (tertiary/aromatic N) is 1. The van der Waals surface area contributed by atoms with E-state index < -0.39 is 0 Å². The van der Waals surface area contributed by atoms with E-state index in [0.717, 1.165) is 6.42 Å². The molecule has 104 valence electrons. The molecule has 1 aromatic carbocycles. The van der Waals surface area contributed by atoms with E-state index in [0.29, 0.717) is 24.3 Å². The van der Waals surface area contributed by atoms with Crippen LogP contribution in [0.1, 0.15) is 30.6 Å². The van der Waals surface area contributed by atoms with Gasteiger partial charge in [-0.05, 0) is 37.6 Å². The van der Waals surface area contributed by atoms with Crippen molar-refractivity contribution in [3.8, 4) is 0 Å². The molecule has 0 spiro atoms. The molecule has 0 bridgehead atoms. The second kappa shape index (κ2) is 7.41. The van der Waals surface area contributed by atoms with Crippen LogP contribution >= 0.6 is 0 Å². The molecule has 0 aliphatic carbocycles. The number of hydrogen-bond donors (Lipinski definition) is 2. The maximum absolute atomic E-state index is 11.8. The Kier molecular flexibility index (Phi) is 5.85. The lowest BCUT2D eigenvalue weighted by molar-refractivity contribution is -0.129. The second-order valence-corrected chi connectivity index (χ2v) is 4.28. The summed E-state index contributed by atoms with van der Waals surface area (Å²) in [6.07, 6.45) is 0.908. The number of carbonyl (C=O) groups excluding carboxylic acids is 2. The lowest BCUT2D eigenvalue weighted by Gasteiger charge is -2.20.